The normalized spacial score (nSPS) is 15.7. The van der Waals surface area contributed by atoms with E-state index < -0.39 is 0 Å². The number of carbonyl (C=O) groups is 1. The molecule has 0 aliphatic carbocycles. The van der Waals surface area contributed by atoms with Gasteiger partial charge in [-0.15, -0.1) is 0 Å². The number of aromatic nitrogens is 1. The molecular weight excluding hydrogens is 384 g/mol. The lowest BCUT2D eigenvalue weighted by atomic mass is 9.88. The van der Waals surface area contributed by atoms with Gasteiger partial charge in [0.15, 0.2) is 0 Å². The Morgan fingerprint density at radius 2 is 1.77 bits per heavy atom. The molecule has 0 unspecified atom stereocenters. The zero-order valence-corrected chi connectivity index (χ0v) is 17.8. The molecule has 1 aromatic heterocycles. The number of ether oxygens (including phenoxy) is 1. The molecule has 0 saturated carbocycles. The first kappa shape index (κ1) is 19.4. The highest BCUT2D eigenvalue weighted by Gasteiger charge is 2.27. The van der Waals surface area contributed by atoms with Crippen LogP contribution in [0.15, 0.2) is 79.0 Å². The molecule has 3 aromatic carbocycles. The molecule has 0 radical (unpaired) electrons. The standard InChI is InChI=1S/C27H26N2O2/c1-18(2)31-21-13-11-20(12-14-21)22-15-26(30)28-24-9-6-10-25-27(24)23(22)17-29(25)16-19-7-4-3-5-8-19/h3-14,17-18,22H,15-16H2,1-2H3,(H,28,30)/t22-/m0/s1. The summed E-state index contributed by atoms with van der Waals surface area (Å²) in [6, 6.07) is 24.8. The fourth-order valence-corrected chi connectivity index (χ4v) is 4.51. The predicted octanol–water partition coefficient (Wildman–Crippen LogP) is 5.95. The van der Waals surface area contributed by atoms with Gasteiger partial charge in [0, 0.05) is 30.5 Å². The summed E-state index contributed by atoms with van der Waals surface area (Å²) < 4.78 is 8.10. The number of nitrogens with one attached hydrogen (secondary N) is 1. The maximum atomic E-state index is 12.7. The van der Waals surface area contributed by atoms with E-state index in [4.69, 9.17) is 4.74 Å². The van der Waals surface area contributed by atoms with Gasteiger partial charge in [-0.05, 0) is 54.8 Å². The maximum Gasteiger partial charge on any atom is 0.225 e. The summed E-state index contributed by atoms with van der Waals surface area (Å²) in [4.78, 5) is 12.7. The summed E-state index contributed by atoms with van der Waals surface area (Å²) in [6.45, 7) is 4.84. The molecule has 5 rings (SSSR count). The van der Waals surface area contributed by atoms with E-state index in [2.05, 4.69) is 58.5 Å². The second-order valence-electron chi connectivity index (χ2n) is 8.44. The van der Waals surface area contributed by atoms with Crippen molar-refractivity contribution in [2.45, 2.75) is 38.8 Å². The molecule has 31 heavy (non-hydrogen) atoms. The molecule has 4 nitrogen and oxygen atoms in total. The van der Waals surface area contributed by atoms with Crippen LogP contribution in [0.3, 0.4) is 0 Å². The Kier molecular flexibility index (Phi) is 4.99. The number of benzene rings is 3. The van der Waals surface area contributed by atoms with Crippen molar-refractivity contribution in [2.75, 3.05) is 5.32 Å². The second-order valence-corrected chi connectivity index (χ2v) is 8.44. The van der Waals surface area contributed by atoms with Crippen LogP contribution in [0.2, 0.25) is 0 Å². The lowest BCUT2D eigenvalue weighted by molar-refractivity contribution is -0.116. The molecular formula is C27H26N2O2. The van der Waals surface area contributed by atoms with Gasteiger partial charge in [0.2, 0.25) is 5.91 Å². The molecule has 1 amide bonds. The molecule has 0 fully saturated rings. The van der Waals surface area contributed by atoms with Crippen LogP contribution in [0.1, 0.15) is 42.9 Å². The van der Waals surface area contributed by atoms with Crippen molar-refractivity contribution < 1.29 is 9.53 Å². The molecule has 1 aliphatic rings. The zero-order valence-electron chi connectivity index (χ0n) is 17.8. The van der Waals surface area contributed by atoms with Crippen molar-refractivity contribution >= 4 is 22.5 Å². The Labute approximate surface area is 182 Å². The third-order valence-corrected chi connectivity index (χ3v) is 5.82. The largest absolute Gasteiger partial charge is 0.491 e. The molecule has 0 bridgehead atoms. The van der Waals surface area contributed by atoms with Gasteiger partial charge in [-0.3, -0.25) is 4.79 Å². The van der Waals surface area contributed by atoms with E-state index >= 15 is 0 Å². The van der Waals surface area contributed by atoms with Crippen molar-refractivity contribution in [3.8, 4) is 5.75 Å². The Hall–Kier alpha value is -3.53. The predicted molar refractivity (Wildman–Crippen MR) is 125 cm³/mol. The van der Waals surface area contributed by atoms with Crippen LogP contribution in [-0.2, 0) is 11.3 Å². The maximum absolute atomic E-state index is 12.7. The van der Waals surface area contributed by atoms with Gasteiger partial charge in [-0.25, -0.2) is 0 Å². The summed E-state index contributed by atoms with van der Waals surface area (Å²) in [5.41, 5.74) is 5.61. The number of carbonyl (C=O) groups excluding carboxylic acids is 1. The Bertz CT molecular complexity index is 1220. The van der Waals surface area contributed by atoms with Gasteiger partial charge >= 0.3 is 0 Å². The van der Waals surface area contributed by atoms with Gasteiger partial charge in [-0.1, -0.05) is 48.5 Å². The van der Waals surface area contributed by atoms with Gasteiger partial charge in [0.05, 0.1) is 17.3 Å². The van der Waals surface area contributed by atoms with Crippen LogP contribution < -0.4 is 10.1 Å². The summed E-state index contributed by atoms with van der Waals surface area (Å²) in [6.07, 6.45) is 2.78. The van der Waals surface area contributed by atoms with Gasteiger partial charge in [0.25, 0.3) is 0 Å². The summed E-state index contributed by atoms with van der Waals surface area (Å²) in [5.74, 6) is 0.895. The topological polar surface area (TPSA) is 43.3 Å². The molecule has 4 heteroatoms. The van der Waals surface area contributed by atoms with E-state index in [1.807, 2.05) is 44.2 Å². The van der Waals surface area contributed by atoms with E-state index in [-0.39, 0.29) is 17.9 Å². The third kappa shape index (κ3) is 3.81. The number of amides is 1. The molecule has 1 atom stereocenters. The molecule has 2 heterocycles. The molecule has 156 valence electrons. The number of nitrogens with zero attached hydrogens (tertiary/aromatic N) is 1. The summed E-state index contributed by atoms with van der Waals surface area (Å²) in [5, 5.41) is 4.26. The monoisotopic (exact) mass is 410 g/mol. The first-order valence-corrected chi connectivity index (χ1v) is 10.8. The fraction of sp³-hybridized carbons (Fsp3) is 0.222. The van der Waals surface area contributed by atoms with Crippen LogP contribution in [0.5, 0.6) is 5.75 Å². The lowest BCUT2D eigenvalue weighted by Crippen LogP contribution is -2.14. The van der Waals surface area contributed by atoms with Crippen molar-refractivity contribution in [1.82, 2.24) is 4.57 Å². The van der Waals surface area contributed by atoms with Crippen molar-refractivity contribution in [3.63, 3.8) is 0 Å². The first-order chi connectivity index (χ1) is 15.1. The minimum absolute atomic E-state index is 0.00345. The van der Waals surface area contributed by atoms with Crippen molar-refractivity contribution in [2.24, 2.45) is 0 Å². The van der Waals surface area contributed by atoms with Crippen LogP contribution in [0.4, 0.5) is 5.69 Å². The number of anilines is 1. The molecule has 0 saturated heterocycles. The van der Waals surface area contributed by atoms with Crippen LogP contribution in [-0.4, -0.2) is 16.6 Å². The van der Waals surface area contributed by atoms with Crippen LogP contribution in [0, 0.1) is 0 Å². The van der Waals surface area contributed by atoms with E-state index in [1.54, 1.807) is 0 Å². The van der Waals surface area contributed by atoms with Crippen molar-refractivity contribution in [3.05, 3.63) is 95.7 Å². The second kappa shape index (κ2) is 7.95. The van der Waals surface area contributed by atoms with E-state index in [9.17, 15) is 4.79 Å². The van der Waals surface area contributed by atoms with E-state index in [0.29, 0.717) is 6.42 Å². The SMILES string of the molecule is CC(C)Oc1ccc([C@@H]2CC(=O)Nc3cccc4c3c2cn4Cc2ccccc2)cc1. The van der Waals surface area contributed by atoms with E-state index in [1.165, 1.54) is 11.1 Å². The minimum atomic E-state index is -0.00345. The third-order valence-electron chi connectivity index (χ3n) is 5.82. The average molecular weight is 411 g/mol. The highest BCUT2D eigenvalue weighted by atomic mass is 16.5. The quantitative estimate of drug-likeness (QED) is 0.442. The van der Waals surface area contributed by atoms with Gasteiger partial charge in [0.1, 0.15) is 5.75 Å². The molecule has 1 aliphatic heterocycles. The van der Waals surface area contributed by atoms with Gasteiger partial charge in [-0.2, -0.15) is 0 Å². The van der Waals surface area contributed by atoms with E-state index in [0.717, 1.165) is 34.4 Å². The molecule has 4 aromatic rings. The Morgan fingerprint density at radius 3 is 2.52 bits per heavy atom. The average Bonchev–Trinajstić information content (AvgIpc) is 3.05. The Morgan fingerprint density at radius 1 is 1.00 bits per heavy atom. The smallest absolute Gasteiger partial charge is 0.225 e. The van der Waals surface area contributed by atoms with Crippen LogP contribution in [0.25, 0.3) is 10.9 Å². The molecule has 1 N–H and O–H groups in total. The number of hydrogen-bond donors (Lipinski definition) is 1. The minimum Gasteiger partial charge on any atom is -0.491 e. The van der Waals surface area contributed by atoms with Crippen molar-refractivity contribution in [1.29, 1.82) is 0 Å². The highest BCUT2D eigenvalue weighted by molar-refractivity contribution is 6.06. The van der Waals surface area contributed by atoms with Crippen LogP contribution >= 0.6 is 0 Å². The lowest BCUT2D eigenvalue weighted by Gasteiger charge is -2.16. The number of rotatable bonds is 5. The first-order valence-electron chi connectivity index (χ1n) is 10.8. The zero-order chi connectivity index (χ0) is 21.4. The number of hydrogen-bond acceptors (Lipinski definition) is 2. The summed E-state index contributed by atoms with van der Waals surface area (Å²) >= 11 is 0. The summed E-state index contributed by atoms with van der Waals surface area (Å²) in [7, 11) is 0. The van der Waals surface area contributed by atoms with Gasteiger partial charge < -0.3 is 14.6 Å². The highest BCUT2D eigenvalue weighted by Crippen LogP contribution is 2.41. The fourth-order valence-electron chi connectivity index (χ4n) is 4.51. The molecule has 0 spiro atoms. The Balaban J connectivity index is 1.60.